The van der Waals surface area contributed by atoms with E-state index in [1.165, 1.54) is 24.3 Å². The van der Waals surface area contributed by atoms with Crippen molar-refractivity contribution in [3.05, 3.63) is 35.1 Å². The molecule has 0 aliphatic carbocycles. The summed E-state index contributed by atoms with van der Waals surface area (Å²) in [5, 5.41) is 5.96. The van der Waals surface area contributed by atoms with Crippen LogP contribution in [0.1, 0.15) is 0 Å². The largest absolute Gasteiger partial charge is 0.231 e. The zero-order chi connectivity index (χ0) is 8.69. The van der Waals surface area contributed by atoms with Crippen LogP contribution in [0.2, 0.25) is 5.02 Å². The molecule has 0 aromatic heterocycles. The Bertz CT molecular complexity index is 220. The molecular formula is C7H5ClFNO. The van der Waals surface area contributed by atoms with E-state index in [0.717, 1.165) is 6.08 Å². The summed E-state index contributed by atoms with van der Waals surface area (Å²) < 4.78 is 12.0. The molecule has 0 aliphatic rings. The molecule has 11 heavy (non-hydrogen) atoms. The molecule has 1 rings (SSSR count). The van der Waals surface area contributed by atoms with E-state index in [2.05, 4.69) is 0 Å². The summed E-state index contributed by atoms with van der Waals surface area (Å²) in [6.45, 7) is 0. The molecule has 0 bridgehead atoms. The first-order valence-electron chi connectivity index (χ1n) is 2.65. The molecule has 1 aromatic carbocycles. The Balaban J connectivity index is 0.000000292. The molecule has 2 nitrogen and oxygen atoms in total. The average molecular weight is 174 g/mol. The van der Waals surface area contributed by atoms with Gasteiger partial charge in [-0.25, -0.2) is 14.6 Å². The van der Waals surface area contributed by atoms with E-state index < -0.39 is 0 Å². The molecule has 1 aromatic rings. The van der Waals surface area contributed by atoms with Crippen LogP contribution in [0.25, 0.3) is 0 Å². The van der Waals surface area contributed by atoms with Crippen molar-refractivity contribution in [1.82, 2.24) is 0 Å². The first-order chi connectivity index (χ1) is 5.20. The predicted octanol–water partition coefficient (Wildman–Crippen LogP) is 2.38. The average Bonchev–Trinajstić information content (AvgIpc) is 1.97. The third kappa shape index (κ3) is 5.27. The molecule has 0 saturated heterocycles. The van der Waals surface area contributed by atoms with Crippen LogP contribution in [0.15, 0.2) is 24.3 Å². The van der Waals surface area contributed by atoms with Gasteiger partial charge in [0.1, 0.15) is 5.82 Å². The van der Waals surface area contributed by atoms with Gasteiger partial charge in [0.2, 0.25) is 6.08 Å². The highest BCUT2D eigenvalue weighted by Crippen LogP contribution is 2.07. The van der Waals surface area contributed by atoms with Gasteiger partial charge < -0.3 is 0 Å². The first kappa shape index (κ1) is 9.82. The van der Waals surface area contributed by atoms with E-state index in [1.807, 2.05) is 0 Å². The lowest BCUT2D eigenvalue weighted by Gasteiger charge is -1.84. The summed E-state index contributed by atoms with van der Waals surface area (Å²) in [5.41, 5.74) is 0. The van der Waals surface area contributed by atoms with Crippen LogP contribution >= 0.6 is 11.6 Å². The molecule has 0 atom stereocenters. The summed E-state index contributed by atoms with van der Waals surface area (Å²) in [4.78, 5) is 8.35. The SMILES string of the molecule is Fc1ccc(Cl)cc1.N=C=O. The fourth-order valence-electron chi connectivity index (χ4n) is 0.430. The van der Waals surface area contributed by atoms with Gasteiger partial charge >= 0.3 is 0 Å². The van der Waals surface area contributed by atoms with Crippen LogP contribution in [-0.4, -0.2) is 6.08 Å². The van der Waals surface area contributed by atoms with E-state index in [4.69, 9.17) is 21.8 Å². The predicted molar refractivity (Wildman–Crippen MR) is 39.8 cm³/mol. The maximum Gasteiger partial charge on any atom is 0.231 e. The van der Waals surface area contributed by atoms with Crippen LogP contribution in [0, 0.1) is 11.2 Å². The Kier molecular flexibility index (Phi) is 4.99. The molecule has 0 aliphatic heterocycles. The normalized spacial score (nSPS) is 7.45. The highest BCUT2D eigenvalue weighted by Gasteiger charge is 1.85. The molecule has 1 N–H and O–H groups in total. The molecule has 0 fully saturated rings. The monoisotopic (exact) mass is 173 g/mol. The van der Waals surface area contributed by atoms with Gasteiger partial charge in [0, 0.05) is 5.02 Å². The highest BCUT2D eigenvalue weighted by atomic mass is 35.5. The molecule has 0 unspecified atom stereocenters. The number of hydrogen-bond donors (Lipinski definition) is 1. The zero-order valence-electron chi connectivity index (χ0n) is 5.47. The van der Waals surface area contributed by atoms with E-state index in [9.17, 15) is 4.39 Å². The fraction of sp³-hybridized carbons (Fsp3) is 0. The van der Waals surface area contributed by atoms with Crippen LogP contribution in [-0.2, 0) is 4.79 Å². The molecule has 0 heterocycles. The van der Waals surface area contributed by atoms with Crippen molar-refractivity contribution < 1.29 is 9.18 Å². The zero-order valence-corrected chi connectivity index (χ0v) is 6.23. The Labute approximate surface area is 68.1 Å². The molecule has 0 saturated carbocycles. The van der Waals surface area contributed by atoms with Gasteiger partial charge in [-0.1, -0.05) is 11.6 Å². The van der Waals surface area contributed by atoms with E-state index in [-0.39, 0.29) is 5.82 Å². The molecular weight excluding hydrogens is 169 g/mol. The van der Waals surface area contributed by atoms with Crippen LogP contribution in [0.4, 0.5) is 4.39 Å². The van der Waals surface area contributed by atoms with E-state index >= 15 is 0 Å². The number of nitrogens with one attached hydrogen (secondary N) is 1. The van der Waals surface area contributed by atoms with Crippen molar-refractivity contribution in [3.8, 4) is 0 Å². The standard InChI is InChI=1S/C6H4ClF.CHNO/c7-5-1-3-6(8)4-2-5;2-1-3/h1-4H;2H. The van der Waals surface area contributed by atoms with Crippen molar-refractivity contribution in [2.24, 2.45) is 0 Å². The van der Waals surface area contributed by atoms with Gasteiger partial charge in [-0.3, -0.25) is 0 Å². The minimum Gasteiger partial charge on any atom is -0.222 e. The van der Waals surface area contributed by atoms with Crippen LogP contribution in [0.3, 0.4) is 0 Å². The van der Waals surface area contributed by atoms with Gasteiger partial charge in [0.05, 0.1) is 0 Å². The van der Waals surface area contributed by atoms with E-state index in [1.54, 1.807) is 0 Å². The molecule has 0 spiro atoms. The number of hydrogen-bond acceptors (Lipinski definition) is 2. The van der Waals surface area contributed by atoms with Crippen molar-refractivity contribution >= 4 is 17.7 Å². The quantitative estimate of drug-likeness (QED) is 0.475. The second kappa shape index (κ2) is 5.59. The number of halogens is 2. The third-order valence-corrected chi connectivity index (χ3v) is 1.06. The van der Waals surface area contributed by atoms with Gasteiger partial charge in [-0.2, -0.15) is 0 Å². The number of rotatable bonds is 0. The Morgan fingerprint density at radius 2 is 1.73 bits per heavy atom. The van der Waals surface area contributed by atoms with Crippen LogP contribution < -0.4 is 0 Å². The second-order valence-corrected chi connectivity index (χ2v) is 1.97. The number of isocyanates is 1. The van der Waals surface area contributed by atoms with Gasteiger partial charge in [-0.05, 0) is 24.3 Å². The van der Waals surface area contributed by atoms with Gasteiger partial charge in [0.15, 0.2) is 0 Å². The second-order valence-electron chi connectivity index (χ2n) is 1.54. The topological polar surface area (TPSA) is 40.9 Å². The molecule has 0 radical (unpaired) electrons. The maximum atomic E-state index is 12.0. The summed E-state index contributed by atoms with van der Waals surface area (Å²) in [6, 6.07) is 5.67. The summed E-state index contributed by atoms with van der Waals surface area (Å²) in [6.07, 6.45) is 0.750. The Hall–Kier alpha value is -1.18. The van der Waals surface area contributed by atoms with Crippen LogP contribution in [0.5, 0.6) is 0 Å². The third-order valence-electron chi connectivity index (χ3n) is 0.804. The summed E-state index contributed by atoms with van der Waals surface area (Å²) in [5.74, 6) is -0.255. The van der Waals surface area contributed by atoms with Crippen molar-refractivity contribution in [1.29, 1.82) is 5.41 Å². The fourth-order valence-corrected chi connectivity index (χ4v) is 0.556. The van der Waals surface area contributed by atoms with Gasteiger partial charge in [-0.15, -0.1) is 0 Å². The first-order valence-corrected chi connectivity index (χ1v) is 3.03. The Morgan fingerprint density at radius 1 is 1.36 bits per heavy atom. The lowest BCUT2D eigenvalue weighted by Crippen LogP contribution is -1.67. The minimum absolute atomic E-state index is 0.255. The molecule has 58 valence electrons. The van der Waals surface area contributed by atoms with Crippen molar-refractivity contribution in [3.63, 3.8) is 0 Å². The van der Waals surface area contributed by atoms with E-state index in [0.29, 0.717) is 5.02 Å². The molecule has 4 heteroatoms. The smallest absolute Gasteiger partial charge is 0.222 e. The van der Waals surface area contributed by atoms with Gasteiger partial charge in [0.25, 0.3) is 0 Å². The van der Waals surface area contributed by atoms with Crippen molar-refractivity contribution in [2.75, 3.05) is 0 Å². The Morgan fingerprint density at radius 3 is 2.00 bits per heavy atom. The molecule has 0 amide bonds. The lowest BCUT2D eigenvalue weighted by atomic mass is 10.4. The highest BCUT2D eigenvalue weighted by molar-refractivity contribution is 6.30. The number of benzene rings is 1. The summed E-state index contributed by atoms with van der Waals surface area (Å²) >= 11 is 5.44. The van der Waals surface area contributed by atoms with Crippen molar-refractivity contribution in [2.45, 2.75) is 0 Å². The summed E-state index contributed by atoms with van der Waals surface area (Å²) in [7, 11) is 0. The minimum atomic E-state index is -0.255. The lowest BCUT2D eigenvalue weighted by molar-refractivity contribution is 0.563. The number of carbonyl (C=O) groups excluding carboxylic acids is 1. The maximum absolute atomic E-state index is 12.0.